The number of nitrogens with two attached hydrogens (primary N) is 1. The topological polar surface area (TPSA) is 54.7 Å². The van der Waals surface area contributed by atoms with Gasteiger partial charge < -0.3 is 5.73 Å². The highest BCUT2D eigenvalue weighted by atomic mass is 15.1. The molecule has 0 fully saturated rings. The first-order valence-corrected chi connectivity index (χ1v) is 5.00. The second-order valence-electron chi connectivity index (χ2n) is 4.20. The van der Waals surface area contributed by atoms with Gasteiger partial charge in [0.2, 0.25) is 0 Å². The van der Waals surface area contributed by atoms with Gasteiger partial charge in [0.05, 0.1) is 5.69 Å². The molecule has 72 valence electrons. The number of aromatic nitrogens is 2. The highest BCUT2D eigenvalue weighted by Crippen LogP contribution is 2.28. The number of fused-ring (bicyclic) bond motifs is 1. The van der Waals surface area contributed by atoms with Gasteiger partial charge in [-0.05, 0) is 37.7 Å². The number of hydrogen-bond donors (Lipinski definition) is 2. The molecular weight excluding hydrogens is 162 g/mol. The molecule has 0 saturated heterocycles. The van der Waals surface area contributed by atoms with E-state index < -0.39 is 0 Å². The standard InChI is InChI=1S/C10H17N3/c1-6-3-4-9-8(5-6)10(7(2)11)13-12-9/h6-7H,3-5,11H2,1-2H3,(H,12,13)/t6?,7-/m0/s1. The van der Waals surface area contributed by atoms with Crippen LogP contribution in [-0.4, -0.2) is 10.2 Å². The van der Waals surface area contributed by atoms with Gasteiger partial charge in [-0.3, -0.25) is 5.10 Å². The summed E-state index contributed by atoms with van der Waals surface area (Å²) in [6.07, 6.45) is 3.55. The van der Waals surface area contributed by atoms with E-state index in [1.165, 1.54) is 17.7 Å². The van der Waals surface area contributed by atoms with Gasteiger partial charge in [-0.2, -0.15) is 5.10 Å². The van der Waals surface area contributed by atoms with Crippen LogP contribution in [-0.2, 0) is 12.8 Å². The van der Waals surface area contributed by atoms with E-state index in [0.29, 0.717) is 0 Å². The number of aromatic amines is 1. The van der Waals surface area contributed by atoms with Crippen LogP contribution >= 0.6 is 0 Å². The molecular formula is C10H17N3. The van der Waals surface area contributed by atoms with Crippen molar-refractivity contribution < 1.29 is 0 Å². The second kappa shape index (κ2) is 3.14. The lowest BCUT2D eigenvalue weighted by molar-refractivity contribution is 0.494. The molecule has 3 heteroatoms. The molecule has 13 heavy (non-hydrogen) atoms. The van der Waals surface area contributed by atoms with Crippen LogP contribution in [0.3, 0.4) is 0 Å². The third-order valence-corrected chi connectivity index (χ3v) is 2.86. The zero-order valence-corrected chi connectivity index (χ0v) is 8.30. The van der Waals surface area contributed by atoms with Crippen molar-refractivity contribution in [1.82, 2.24) is 10.2 Å². The Morgan fingerprint density at radius 3 is 3.08 bits per heavy atom. The van der Waals surface area contributed by atoms with Crippen molar-refractivity contribution >= 4 is 0 Å². The van der Waals surface area contributed by atoms with Crippen LogP contribution in [0.4, 0.5) is 0 Å². The number of rotatable bonds is 1. The lowest BCUT2D eigenvalue weighted by Gasteiger charge is -2.18. The summed E-state index contributed by atoms with van der Waals surface area (Å²) in [5.41, 5.74) is 9.61. The molecule has 0 aromatic carbocycles. The van der Waals surface area contributed by atoms with Gasteiger partial charge in [-0.25, -0.2) is 0 Å². The van der Waals surface area contributed by atoms with Gasteiger partial charge in [0, 0.05) is 11.7 Å². The van der Waals surface area contributed by atoms with Crippen LogP contribution in [0.5, 0.6) is 0 Å². The molecule has 3 nitrogen and oxygen atoms in total. The maximum Gasteiger partial charge on any atom is 0.0821 e. The van der Waals surface area contributed by atoms with E-state index in [1.807, 2.05) is 6.92 Å². The molecule has 2 rings (SSSR count). The van der Waals surface area contributed by atoms with Crippen LogP contribution in [0.2, 0.25) is 0 Å². The van der Waals surface area contributed by atoms with Crippen LogP contribution < -0.4 is 5.73 Å². The smallest absolute Gasteiger partial charge is 0.0821 e. The minimum Gasteiger partial charge on any atom is -0.323 e. The fourth-order valence-electron chi connectivity index (χ4n) is 2.07. The van der Waals surface area contributed by atoms with Gasteiger partial charge in [-0.1, -0.05) is 6.92 Å². The molecule has 0 bridgehead atoms. The minimum absolute atomic E-state index is 0.0605. The molecule has 1 aromatic heterocycles. The van der Waals surface area contributed by atoms with Crippen molar-refractivity contribution in [2.75, 3.05) is 0 Å². The van der Waals surface area contributed by atoms with Crippen molar-refractivity contribution in [1.29, 1.82) is 0 Å². The van der Waals surface area contributed by atoms with E-state index in [9.17, 15) is 0 Å². The fraction of sp³-hybridized carbons (Fsp3) is 0.700. The monoisotopic (exact) mass is 179 g/mol. The molecule has 1 aromatic rings. The lowest BCUT2D eigenvalue weighted by atomic mass is 9.87. The summed E-state index contributed by atoms with van der Waals surface area (Å²) in [6.45, 7) is 4.29. The largest absolute Gasteiger partial charge is 0.323 e. The Labute approximate surface area is 78.7 Å². The highest BCUT2D eigenvalue weighted by Gasteiger charge is 2.22. The maximum atomic E-state index is 5.85. The summed E-state index contributed by atoms with van der Waals surface area (Å²) in [5, 5.41) is 7.38. The van der Waals surface area contributed by atoms with Crippen molar-refractivity contribution in [2.24, 2.45) is 11.7 Å². The number of H-pyrrole nitrogens is 1. The van der Waals surface area contributed by atoms with Crippen LogP contribution in [0, 0.1) is 5.92 Å². The van der Waals surface area contributed by atoms with Crippen LogP contribution in [0.1, 0.15) is 43.3 Å². The van der Waals surface area contributed by atoms with Crippen molar-refractivity contribution in [3.8, 4) is 0 Å². The molecule has 1 unspecified atom stereocenters. The molecule has 1 heterocycles. The normalized spacial score (nSPS) is 24.1. The van der Waals surface area contributed by atoms with Crippen molar-refractivity contribution in [3.63, 3.8) is 0 Å². The average Bonchev–Trinajstić information content (AvgIpc) is 2.46. The van der Waals surface area contributed by atoms with E-state index in [0.717, 1.165) is 24.5 Å². The molecule has 0 saturated carbocycles. The SMILES string of the molecule is CC1CCc2[nH]nc([C@H](C)N)c2C1. The summed E-state index contributed by atoms with van der Waals surface area (Å²) in [6, 6.07) is 0.0605. The van der Waals surface area contributed by atoms with Crippen LogP contribution in [0.25, 0.3) is 0 Å². The number of nitrogens with zero attached hydrogens (tertiary/aromatic N) is 1. The zero-order chi connectivity index (χ0) is 9.42. The van der Waals surface area contributed by atoms with Gasteiger partial charge in [0.1, 0.15) is 0 Å². The average molecular weight is 179 g/mol. The van der Waals surface area contributed by atoms with Crippen molar-refractivity contribution in [3.05, 3.63) is 17.0 Å². The fourth-order valence-corrected chi connectivity index (χ4v) is 2.07. The third-order valence-electron chi connectivity index (χ3n) is 2.86. The summed E-state index contributed by atoms with van der Waals surface area (Å²) < 4.78 is 0. The maximum absolute atomic E-state index is 5.85. The van der Waals surface area contributed by atoms with Gasteiger partial charge in [0.25, 0.3) is 0 Å². The predicted molar refractivity (Wildman–Crippen MR) is 52.4 cm³/mol. The zero-order valence-electron chi connectivity index (χ0n) is 8.30. The highest BCUT2D eigenvalue weighted by molar-refractivity contribution is 5.29. The number of aryl methyl sites for hydroxylation is 1. The van der Waals surface area contributed by atoms with Gasteiger partial charge >= 0.3 is 0 Å². The minimum atomic E-state index is 0.0605. The third kappa shape index (κ3) is 1.48. The quantitative estimate of drug-likeness (QED) is 0.687. The summed E-state index contributed by atoms with van der Waals surface area (Å²) in [4.78, 5) is 0. The Kier molecular flexibility index (Phi) is 2.12. The Hall–Kier alpha value is -0.830. The predicted octanol–water partition coefficient (Wildman–Crippen LogP) is 1.55. The number of hydrogen-bond acceptors (Lipinski definition) is 2. The van der Waals surface area contributed by atoms with Gasteiger partial charge in [-0.15, -0.1) is 0 Å². The van der Waals surface area contributed by atoms with Crippen LogP contribution in [0.15, 0.2) is 0 Å². The molecule has 2 atom stereocenters. The number of nitrogens with one attached hydrogen (secondary N) is 1. The first-order chi connectivity index (χ1) is 6.18. The first-order valence-electron chi connectivity index (χ1n) is 5.00. The molecule has 0 amide bonds. The molecule has 0 spiro atoms. The van der Waals surface area contributed by atoms with E-state index in [2.05, 4.69) is 17.1 Å². The Morgan fingerprint density at radius 1 is 1.62 bits per heavy atom. The molecule has 3 N–H and O–H groups in total. The second-order valence-corrected chi connectivity index (χ2v) is 4.20. The lowest BCUT2D eigenvalue weighted by Crippen LogP contribution is -2.14. The first kappa shape index (κ1) is 8.75. The molecule has 0 aliphatic heterocycles. The molecule has 1 aliphatic carbocycles. The van der Waals surface area contributed by atoms with Crippen molar-refractivity contribution in [2.45, 2.75) is 39.2 Å². The Bertz CT molecular complexity index is 301. The summed E-state index contributed by atoms with van der Waals surface area (Å²) >= 11 is 0. The summed E-state index contributed by atoms with van der Waals surface area (Å²) in [7, 11) is 0. The van der Waals surface area contributed by atoms with E-state index >= 15 is 0 Å². The molecule has 0 radical (unpaired) electrons. The Morgan fingerprint density at radius 2 is 2.38 bits per heavy atom. The van der Waals surface area contributed by atoms with Gasteiger partial charge in [0.15, 0.2) is 0 Å². The molecule has 1 aliphatic rings. The summed E-state index contributed by atoms with van der Waals surface area (Å²) in [5.74, 6) is 0.780. The van der Waals surface area contributed by atoms with E-state index in [4.69, 9.17) is 5.73 Å². The van der Waals surface area contributed by atoms with E-state index in [1.54, 1.807) is 0 Å². The van der Waals surface area contributed by atoms with E-state index in [-0.39, 0.29) is 6.04 Å². The Balaban J connectivity index is 2.35.